The van der Waals surface area contributed by atoms with Gasteiger partial charge in [0.25, 0.3) is 0 Å². The molecule has 0 saturated carbocycles. The zero-order valence-electron chi connectivity index (χ0n) is 5.47. The van der Waals surface area contributed by atoms with E-state index in [1.54, 1.807) is 5.32 Å². The third-order valence-corrected chi connectivity index (χ3v) is 1.54. The first-order valence-electron chi connectivity index (χ1n) is 2.54. The van der Waals surface area contributed by atoms with Crippen molar-refractivity contribution in [3.8, 4) is 0 Å². The van der Waals surface area contributed by atoms with Crippen LogP contribution in [0.2, 0.25) is 0 Å². The van der Waals surface area contributed by atoms with Crippen LogP contribution in [0.5, 0.6) is 0 Å². The van der Waals surface area contributed by atoms with Crippen molar-refractivity contribution >= 4 is 13.5 Å². The number of nitrogens with one attached hydrogen (secondary N) is 1. The number of hydrogen-bond acceptors (Lipinski definition) is 3. The highest BCUT2D eigenvalue weighted by Gasteiger charge is 2.26. The molecule has 4 N–H and O–H groups in total. The summed E-state index contributed by atoms with van der Waals surface area (Å²) in [5.74, 6) is -3.01. The Labute approximate surface area is 62.7 Å². The van der Waals surface area contributed by atoms with Gasteiger partial charge in [-0.3, -0.25) is 9.36 Å². The maximum Gasteiger partial charge on any atom is 0.374 e. The van der Waals surface area contributed by atoms with Crippen LogP contribution in [-0.2, 0) is 9.36 Å². The summed E-state index contributed by atoms with van der Waals surface area (Å²) in [4.78, 5) is 26.8. The molecule has 0 bridgehead atoms. The lowest BCUT2D eigenvalue weighted by Gasteiger charge is -2.11. The Hall–Kier alpha value is -0.680. The van der Waals surface area contributed by atoms with Crippen molar-refractivity contribution in [3.63, 3.8) is 0 Å². The van der Waals surface area contributed by atoms with Gasteiger partial charge in [0, 0.05) is 0 Å². The zero-order valence-corrected chi connectivity index (χ0v) is 6.36. The molecule has 0 spiro atoms. The molecule has 6 nitrogen and oxygen atoms in total. The Morgan fingerprint density at radius 2 is 2.09 bits per heavy atom. The van der Waals surface area contributed by atoms with Gasteiger partial charge in [-0.25, -0.2) is 0 Å². The average molecular weight is 181 g/mol. The number of carbonyl (C=O) groups is 1. The van der Waals surface area contributed by atoms with Gasteiger partial charge in [-0.15, -0.1) is 0 Å². The molecule has 0 aliphatic heterocycles. The number of rotatable bonds is 3. The smallest absolute Gasteiger partial charge is 0.363 e. The van der Waals surface area contributed by atoms with Crippen molar-refractivity contribution in [1.82, 2.24) is 5.32 Å². The van der Waals surface area contributed by atoms with E-state index in [0.29, 0.717) is 0 Å². The van der Waals surface area contributed by atoms with E-state index >= 15 is 0 Å². The molecule has 1 atom stereocenters. The quantitative estimate of drug-likeness (QED) is 0.247. The van der Waals surface area contributed by atoms with Crippen LogP contribution in [0, 0.1) is 0 Å². The van der Waals surface area contributed by atoms with Gasteiger partial charge in [0.15, 0.2) is 0 Å². The molecule has 0 aromatic carbocycles. The maximum absolute atomic E-state index is 10.3. The molecule has 1 unspecified atom stereocenters. The molecule has 11 heavy (non-hydrogen) atoms. The predicted octanol–water partition coefficient (Wildman–Crippen LogP) is -1.26. The second-order valence-electron chi connectivity index (χ2n) is 1.68. The van der Waals surface area contributed by atoms with E-state index in [2.05, 4.69) is 6.58 Å². The van der Waals surface area contributed by atoms with Crippen LogP contribution >= 0.6 is 7.60 Å². The van der Waals surface area contributed by atoms with E-state index in [-0.39, 0.29) is 0 Å². The minimum atomic E-state index is -4.65. The first-order chi connectivity index (χ1) is 4.88. The standard InChI is InChI=1S/C4H8NO5P/c1-2-3(6)5-4(7)11(8,9)10/h2,4,7H,1H2,(H,5,6)(H2,8,9,10). The van der Waals surface area contributed by atoms with Crippen LogP contribution in [0.3, 0.4) is 0 Å². The SMILES string of the molecule is C=CC(=O)NC(O)P(=O)(O)O. The molecule has 0 aliphatic carbocycles. The van der Waals surface area contributed by atoms with Crippen LogP contribution in [0.15, 0.2) is 12.7 Å². The molecule has 7 heteroatoms. The molecule has 0 aromatic heterocycles. The van der Waals surface area contributed by atoms with Crippen molar-refractivity contribution in [3.05, 3.63) is 12.7 Å². The minimum Gasteiger partial charge on any atom is -0.363 e. The van der Waals surface area contributed by atoms with Crippen LogP contribution in [0.4, 0.5) is 0 Å². The van der Waals surface area contributed by atoms with Gasteiger partial charge >= 0.3 is 7.60 Å². The molecule has 64 valence electrons. The number of amides is 1. The Morgan fingerprint density at radius 3 is 2.36 bits per heavy atom. The van der Waals surface area contributed by atoms with Crippen LogP contribution in [-0.4, -0.2) is 26.8 Å². The summed E-state index contributed by atoms with van der Waals surface area (Å²) < 4.78 is 10.2. The van der Waals surface area contributed by atoms with Crippen molar-refractivity contribution < 1.29 is 24.3 Å². The fraction of sp³-hybridized carbons (Fsp3) is 0.250. The second kappa shape index (κ2) is 3.64. The number of hydrogen-bond donors (Lipinski definition) is 4. The second-order valence-corrected chi connectivity index (χ2v) is 3.34. The Morgan fingerprint density at radius 1 is 1.64 bits per heavy atom. The lowest BCUT2D eigenvalue weighted by Crippen LogP contribution is -2.32. The zero-order chi connectivity index (χ0) is 9.07. The number of carbonyl (C=O) groups excluding carboxylic acids is 1. The van der Waals surface area contributed by atoms with Gasteiger partial charge in [0.1, 0.15) is 0 Å². The fourth-order valence-corrected chi connectivity index (χ4v) is 0.566. The van der Waals surface area contributed by atoms with Gasteiger partial charge in [0.05, 0.1) is 0 Å². The minimum absolute atomic E-state index is 0.791. The first-order valence-corrected chi connectivity index (χ1v) is 4.22. The van der Waals surface area contributed by atoms with Crippen LogP contribution in [0.25, 0.3) is 0 Å². The van der Waals surface area contributed by atoms with Crippen LogP contribution in [0.1, 0.15) is 0 Å². The molecule has 0 aliphatic rings. The summed E-state index contributed by atoms with van der Waals surface area (Å²) in [7, 11) is -4.65. The van der Waals surface area contributed by atoms with Gasteiger partial charge in [-0.1, -0.05) is 6.58 Å². The first kappa shape index (κ1) is 10.3. The third kappa shape index (κ3) is 3.90. The summed E-state index contributed by atoms with van der Waals surface area (Å²) >= 11 is 0. The monoisotopic (exact) mass is 181 g/mol. The van der Waals surface area contributed by atoms with Crippen molar-refractivity contribution in [2.75, 3.05) is 0 Å². The van der Waals surface area contributed by atoms with E-state index in [0.717, 1.165) is 6.08 Å². The Kier molecular flexibility index (Phi) is 3.41. The highest BCUT2D eigenvalue weighted by Crippen LogP contribution is 2.37. The van der Waals surface area contributed by atoms with E-state index in [1.807, 2.05) is 0 Å². The molecule has 0 aromatic rings. The van der Waals surface area contributed by atoms with Gasteiger partial charge in [-0.2, -0.15) is 0 Å². The van der Waals surface area contributed by atoms with Gasteiger partial charge in [-0.05, 0) is 6.08 Å². The molecule has 0 radical (unpaired) electrons. The number of aliphatic hydroxyl groups is 1. The third-order valence-electron chi connectivity index (χ3n) is 0.775. The Bertz CT molecular complexity index is 209. The Balaban J connectivity index is 4.08. The van der Waals surface area contributed by atoms with E-state index < -0.39 is 19.5 Å². The van der Waals surface area contributed by atoms with Crippen molar-refractivity contribution in [2.45, 2.75) is 5.97 Å². The van der Waals surface area contributed by atoms with Gasteiger partial charge < -0.3 is 20.2 Å². The number of aliphatic hydroxyl groups excluding tert-OH is 1. The van der Waals surface area contributed by atoms with E-state index in [9.17, 15) is 9.36 Å². The van der Waals surface area contributed by atoms with Gasteiger partial charge in [0.2, 0.25) is 11.9 Å². The lowest BCUT2D eigenvalue weighted by molar-refractivity contribution is -0.118. The van der Waals surface area contributed by atoms with Crippen molar-refractivity contribution in [1.29, 1.82) is 0 Å². The van der Waals surface area contributed by atoms with E-state index in [4.69, 9.17) is 14.9 Å². The molecule has 0 saturated heterocycles. The largest absolute Gasteiger partial charge is 0.374 e. The fourth-order valence-electron chi connectivity index (χ4n) is 0.270. The summed E-state index contributed by atoms with van der Waals surface area (Å²) in [6.07, 6.45) is 0.791. The molecule has 1 amide bonds. The molecule has 0 fully saturated rings. The lowest BCUT2D eigenvalue weighted by atomic mass is 10.6. The summed E-state index contributed by atoms with van der Waals surface area (Å²) in [6, 6.07) is 0. The maximum atomic E-state index is 10.3. The summed E-state index contributed by atoms with van der Waals surface area (Å²) in [5.41, 5.74) is 0. The molecule has 0 rings (SSSR count). The summed E-state index contributed by atoms with van der Waals surface area (Å²) in [6.45, 7) is 3.02. The van der Waals surface area contributed by atoms with Crippen molar-refractivity contribution in [2.24, 2.45) is 0 Å². The molecular formula is C4H8NO5P. The molecular weight excluding hydrogens is 173 g/mol. The topological polar surface area (TPSA) is 107 Å². The average Bonchev–Trinajstić information content (AvgIpc) is 1.85. The highest BCUT2D eigenvalue weighted by atomic mass is 31.2. The predicted molar refractivity (Wildman–Crippen MR) is 36.4 cm³/mol. The molecule has 0 heterocycles. The highest BCUT2D eigenvalue weighted by molar-refractivity contribution is 7.52. The normalized spacial score (nSPS) is 13.7. The van der Waals surface area contributed by atoms with Crippen LogP contribution < -0.4 is 5.32 Å². The van der Waals surface area contributed by atoms with E-state index in [1.165, 1.54) is 0 Å². The summed E-state index contributed by atoms with van der Waals surface area (Å²) in [5, 5.41) is 10.1.